The molecule has 4 heteroatoms. The maximum absolute atomic E-state index is 5.72. The van der Waals surface area contributed by atoms with Crippen LogP contribution in [0.15, 0.2) is 33.7 Å². The first-order valence-electron chi connectivity index (χ1n) is 4.90. The highest BCUT2D eigenvalue weighted by Gasteiger charge is 1.96. The second kappa shape index (κ2) is 5.75. The minimum absolute atomic E-state index is 0.464. The van der Waals surface area contributed by atoms with Crippen molar-refractivity contribution in [3.63, 3.8) is 0 Å². The Labute approximate surface area is 98.9 Å². The topological polar surface area (TPSA) is 50.4 Å². The Morgan fingerprint density at radius 3 is 2.53 bits per heavy atom. The number of halogens is 1. The van der Waals surface area contributed by atoms with Crippen molar-refractivity contribution in [3.8, 4) is 0 Å². The van der Waals surface area contributed by atoms with Crippen molar-refractivity contribution < 1.29 is 0 Å². The average Bonchev–Trinajstić information content (AvgIpc) is 2.19. The molecular formula is C11H16BrN3. The predicted molar refractivity (Wildman–Crippen MR) is 69.1 cm³/mol. The number of nitrogens with two attached hydrogens (primary N) is 1. The van der Waals surface area contributed by atoms with Crippen LogP contribution in [0.5, 0.6) is 0 Å². The third-order valence-electron chi connectivity index (χ3n) is 1.74. The van der Waals surface area contributed by atoms with E-state index in [1.807, 2.05) is 24.3 Å². The highest BCUT2D eigenvalue weighted by atomic mass is 79.9. The summed E-state index contributed by atoms with van der Waals surface area (Å²) in [6.45, 7) is 4.96. The van der Waals surface area contributed by atoms with Gasteiger partial charge in [-0.05, 0) is 30.2 Å². The van der Waals surface area contributed by atoms with Crippen molar-refractivity contribution in [2.24, 2.45) is 16.6 Å². The van der Waals surface area contributed by atoms with Crippen molar-refractivity contribution in [2.45, 2.75) is 13.8 Å². The van der Waals surface area contributed by atoms with Crippen LogP contribution in [0.3, 0.4) is 0 Å². The quantitative estimate of drug-likeness (QED) is 0.655. The fraction of sp³-hybridized carbons (Fsp3) is 0.364. The molecule has 0 aliphatic heterocycles. The van der Waals surface area contributed by atoms with Gasteiger partial charge in [-0.3, -0.25) is 4.99 Å². The van der Waals surface area contributed by atoms with Crippen LogP contribution in [0.25, 0.3) is 0 Å². The summed E-state index contributed by atoms with van der Waals surface area (Å²) >= 11 is 3.37. The monoisotopic (exact) mass is 269 g/mol. The Kier molecular flexibility index (Phi) is 4.62. The molecule has 82 valence electrons. The highest BCUT2D eigenvalue weighted by Crippen LogP contribution is 2.13. The predicted octanol–water partition coefficient (Wildman–Crippen LogP) is 2.83. The summed E-state index contributed by atoms with van der Waals surface area (Å²) in [5.74, 6) is 0.987. The third-order valence-corrected chi connectivity index (χ3v) is 2.27. The van der Waals surface area contributed by atoms with Gasteiger partial charge in [0.15, 0.2) is 5.96 Å². The van der Waals surface area contributed by atoms with Gasteiger partial charge in [0.05, 0.1) is 0 Å². The van der Waals surface area contributed by atoms with Crippen molar-refractivity contribution in [1.29, 1.82) is 0 Å². The van der Waals surface area contributed by atoms with Gasteiger partial charge in [-0.2, -0.15) is 0 Å². The maximum Gasteiger partial charge on any atom is 0.193 e. The summed E-state index contributed by atoms with van der Waals surface area (Å²) < 4.78 is 1.05. The Balaban J connectivity index is 2.54. The Morgan fingerprint density at radius 1 is 1.40 bits per heavy atom. The van der Waals surface area contributed by atoms with E-state index < -0.39 is 0 Å². The molecule has 0 heterocycles. The molecule has 3 N–H and O–H groups in total. The lowest BCUT2D eigenvalue weighted by molar-refractivity contribution is 0.665. The molecule has 0 spiro atoms. The second-order valence-corrected chi connectivity index (χ2v) is 4.67. The van der Waals surface area contributed by atoms with E-state index in [-0.39, 0.29) is 0 Å². The van der Waals surface area contributed by atoms with E-state index in [2.05, 4.69) is 40.1 Å². The number of hydrogen-bond donors (Lipinski definition) is 2. The second-order valence-electron chi connectivity index (χ2n) is 3.75. The molecule has 15 heavy (non-hydrogen) atoms. The van der Waals surface area contributed by atoms with Crippen molar-refractivity contribution >= 4 is 27.6 Å². The molecule has 0 aliphatic carbocycles. The van der Waals surface area contributed by atoms with Crippen LogP contribution in [0.4, 0.5) is 5.69 Å². The normalized spacial score (nSPS) is 11.9. The molecule has 0 aliphatic rings. The number of rotatable bonds is 3. The van der Waals surface area contributed by atoms with Gasteiger partial charge in [-0.15, -0.1) is 0 Å². The number of nitrogens with zero attached hydrogens (tertiary/aromatic N) is 1. The molecule has 3 nitrogen and oxygen atoms in total. The zero-order valence-electron chi connectivity index (χ0n) is 9.00. The number of anilines is 1. The first-order valence-corrected chi connectivity index (χ1v) is 5.69. The van der Waals surface area contributed by atoms with E-state index >= 15 is 0 Å². The SMILES string of the molecule is CC(C)CN=C(N)Nc1ccc(Br)cc1. The Morgan fingerprint density at radius 2 is 2.00 bits per heavy atom. The summed E-state index contributed by atoms with van der Waals surface area (Å²) in [6.07, 6.45) is 0. The third kappa shape index (κ3) is 4.83. The summed E-state index contributed by atoms with van der Waals surface area (Å²) in [6, 6.07) is 7.81. The fourth-order valence-electron chi connectivity index (χ4n) is 1.00. The minimum atomic E-state index is 0.464. The van der Waals surface area contributed by atoms with Crippen LogP contribution in [-0.4, -0.2) is 12.5 Å². The van der Waals surface area contributed by atoms with E-state index in [0.29, 0.717) is 11.9 Å². The first-order chi connectivity index (χ1) is 7.08. The number of benzene rings is 1. The lowest BCUT2D eigenvalue weighted by Gasteiger charge is -2.06. The van der Waals surface area contributed by atoms with Gasteiger partial charge in [0.2, 0.25) is 0 Å². The molecule has 0 fully saturated rings. The van der Waals surface area contributed by atoms with E-state index in [0.717, 1.165) is 16.7 Å². The van der Waals surface area contributed by atoms with Gasteiger partial charge in [0.25, 0.3) is 0 Å². The molecule has 1 aromatic carbocycles. The minimum Gasteiger partial charge on any atom is -0.370 e. The molecule has 1 rings (SSSR count). The molecular weight excluding hydrogens is 254 g/mol. The molecule has 0 atom stereocenters. The molecule has 0 aromatic heterocycles. The molecule has 0 saturated heterocycles. The Bertz CT molecular complexity index is 330. The smallest absolute Gasteiger partial charge is 0.193 e. The van der Waals surface area contributed by atoms with Gasteiger partial charge in [-0.25, -0.2) is 0 Å². The van der Waals surface area contributed by atoms with Gasteiger partial charge in [0, 0.05) is 16.7 Å². The lowest BCUT2D eigenvalue weighted by atomic mass is 10.2. The van der Waals surface area contributed by atoms with Gasteiger partial charge < -0.3 is 11.1 Å². The largest absolute Gasteiger partial charge is 0.370 e. The number of aliphatic imine (C=N–C) groups is 1. The molecule has 0 unspecified atom stereocenters. The molecule has 0 radical (unpaired) electrons. The summed E-state index contributed by atoms with van der Waals surface area (Å²) in [4.78, 5) is 4.21. The van der Waals surface area contributed by atoms with Crippen LogP contribution in [-0.2, 0) is 0 Å². The highest BCUT2D eigenvalue weighted by molar-refractivity contribution is 9.10. The Hall–Kier alpha value is -1.03. The summed E-state index contributed by atoms with van der Waals surface area (Å²) in [7, 11) is 0. The van der Waals surface area contributed by atoms with Crippen molar-refractivity contribution in [3.05, 3.63) is 28.7 Å². The number of nitrogens with one attached hydrogen (secondary N) is 1. The van der Waals surface area contributed by atoms with E-state index in [1.165, 1.54) is 0 Å². The van der Waals surface area contributed by atoms with E-state index in [4.69, 9.17) is 5.73 Å². The fourth-order valence-corrected chi connectivity index (χ4v) is 1.27. The maximum atomic E-state index is 5.72. The van der Waals surface area contributed by atoms with Crippen molar-refractivity contribution in [1.82, 2.24) is 0 Å². The number of guanidine groups is 1. The molecule has 0 saturated carbocycles. The zero-order valence-corrected chi connectivity index (χ0v) is 10.6. The standard InChI is InChI=1S/C11H16BrN3/c1-8(2)7-14-11(13)15-10-5-3-9(12)4-6-10/h3-6,8H,7H2,1-2H3,(H3,13,14,15). The van der Waals surface area contributed by atoms with Crippen LogP contribution in [0.2, 0.25) is 0 Å². The summed E-state index contributed by atoms with van der Waals surface area (Å²) in [5.41, 5.74) is 6.67. The van der Waals surface area contributed by atoms with Gasteiger partial charge >= 0.3 is 0 Å². The van der Waals surface area contributed by atoms with Crippen molar-refractivity contribution in [2.75, 3.05) is 11.9 Å². The van der Waals surface area contributed by atoms with Gasteiger partial charge in [0.1, 0.15) is 0 Å². The van der Waals surface area contributed by atoms with Gasteiger partial charge in [-0.1, -0.05) is 29.8 Å². The molecule has 0 amide bonds. The molecule has 0 bridgehead atoms. The summed E-state index contributed by atoms with van der Waals surface area (Å²) in [5, 5.41) is 3.03. The first kappa shape index (κ1) is 12.0. The molecule has 1 aromatic rings. The number of hydrogen-bond acceptors (Lipinski definition) is 1. The zero-order chi connectivity index (χ0) is 11.3. The lowest BCUT2D eigenvalue weighted by Crippen LogP contribution is -2.23. The van der Waals surface area contributed by atoms with Crippen LogP contribution < -0.4 is 11.1 Å². The van der Waals surface area contributed by atoms with Crippen LogP contribution >= 0.6 is 15.9 Å². The van der Waals surface area contributed by atoms with Crippen LogP contribution in [0.1, 0.15) is 13.8 Å². The van der Waals surface area contributed by atoms with E-state index in [1.54, 1.807) is 0 Å². The van der Waals surface area contributed by atoms with Crippen LogP contribution in [0, 0.1) is 5.92 Å². The van der Waals surface area contributed by atoms with E-state index in [9.17, 15) is 0 Å². The average molecular weight is 270 g/mol.